The number of rotatable bonds is 11. The highest BCUT2D eigenvalue weighted by Gasteiger charge is 2.41. The van der Waals surface area contributed by atoms with Gasteiger partial charge in [-0.3, -0.25) is 4.79 Å². The van der Waals surface area contributed by atoms with E-state index in [1.54, 1.807) is 25.7 Å². The van der Waals surface area contributed by atoms with Crippen LogP contribution in [0.1, 0.15) is 46.5 Å². The van der Waals surface area contributed by atoms with Crippen molar-refractivity contribution in [2.45, 2.75) is 64.7 Å². The van der Waals surface area contributed by atoms with Crippen molar-refractivity contribution in [3.63, 3.8) is 0 Å². The molecule has 0 spiro atoms. The number of aliphatic carboxylic acids is 1. The van der Waals surface area contributed by atoms with Crippen molar-refractivity contribution < 1.29 is 24.1 Å². The molecule has 2 aromatic rings. The van der Waals surface area contributed by atoms with Gasteiger partial charge in [-0.05, 0) is 6.42 Å². The van der Waals surface area contributed by atoms with Crippen molar-refractivity contribution in [1.29, 1.82) is 0 Å². The lowest BCUT2D eigenvalue weighted by Crippen LogP contribution is -2.44. The number of piperidine rings is 1. The monoisotopic (exact) mass is 547 g/mol. The molecule has 10 nitrogen and oxygen atoms in total. The van der Waals surface area contributed by atoms with E-state index < -0.39 is 5.97 Å². The molecule has 0 saturated carbocycles. The second kappa shape index (κ2) is 12.8. The van der Waals surface area contributed by atoms with Gasteiger partial charge in [-0.2, -0.15) is 0 Å². The number of anilines is 2. The molecule has 0 unspecified atom stereocenters. The minimum Gasteiger partial charge on any atom is -0.481 e. The molecule has 2 saturated heterocycles. The Bertz CT molecular complexity index is 1070. The average molecular weight is 548 g/mol. The Labute approximate surface area is 229 Å². The molecule has 4 rings (SSSR count). The largest absolute Gasteiger partial charge is 0.481 e. The first kappa shape index (κ1) is 28.2. The Morgan fingerprint density at radius 1 is 1.16 bits per heavy atom. The van der Waals surface area contributed by atoms with Crippen LogP contribution in [0.2, 0.25) is 5.02 Å². The third-order valence-corrected chi connectivity index (χ3v) is 7.86. The van der Waals surface area contributed by atoms with E-state index in [-0.39, 0.29) is 36.5 Å². The van der Waals surface area contributed by atoms with Crippen LogP contribution in [0.4, 0.5) is 11.4 Å². The van der Waals surface area contributed by atoms with Crippen molar-refractivity contribution in [2.75, 3.05) is 43.2 Å². The zero-order valence-corrected chi connectivity index (χ0v) is 23.3. The Morgan fingerprint density at radius 2 is 1.92 bits per heavy atom. The van der Waals surface area contributed by atoms with E-state index in [4.69, 9.17) is 25.8 Å². The summed E-state index contributed by atoms with van der Waals surface area (Å²) in [5.74, 6) is -0.00375. The van der Waals surface area contributed by atoms with Crippen molar-refractivity contribution >= 4 is 28.9 Å². The molecule has 2 fully saturated rings. The van der Waals surface area contributed by atoms with Gasteiger partial charge in [0.25, 0.3) is 0 Å². The first-order valence-corrected chi connectivity index (χ1v) is 13.7. The molecule has 0 aliphatic carbocycles. The Balaban J connectivity index is 1.39. The van der Waals surface area contributed by atoms with Gasteiger partial charge in [-0.1, -0.05) is 38.8 Å². The summed E-state index contributed by atoms with van der Waals surface area (Å²) in [6.45, 7) is 9.15. The third kappa shape index (κ3) is 6.58. The van der Waals surface area contributed by atoms with Crippen molar-refractivity contribution in [1.82, 2.24) is 15.0 Å². The van der Waals surface area contributed by atoms with Crippen LogP contribution in [0, 0.1) is 11.8 Å². The fourth-order valence-corrected chi connectivity index (χ4v) is 5.54. The van der Waals surface area contributed by atoms with Crippen LogP contribution in [0.3, 0.4) is 0 Å². The number of hydrogen-bond donors (Lipinski definition) is 1. The molecule has 0 radical (unpaired) electrons. The number of nitrogens with zero attached hydrogens (tertiary/aromatic N) is 5. The van der Waals surface area contributed by atoms with Gasteiger partial charge in [0.05, 0.1) is 54.6 Å². The number of halogens is 1. The van der Waals surface area contributed by atoms with Gasteiger partial charge in [0.15, 0.2) is 0 Å². The van der Waals surface area contributed by atoms with Gasteiger partial charge in [-0.25, -0.2) is 15.0 Å². The van der Waals surface area contributed by atoms with Crippen LogP contribution in [0.15, 0.2) is 24.7 Å². The molecule has 208 valence electrons. The smallest absolute Gasteiger partial charge is 0.316 e. The van der Waals surface area contributed by atoms with Crippen LogP contribution in [-0.4, -0.2) is 77.6 Å². The van der Waals surface area contributed by atoms with Gasteiger partial charge in [0.1, 0.15) is 6.10 Å². The summed E-state index contributed by atoms with van der Waals surface area (Å²) in [6, 6.07) is 1.99. The number of carboxylic acids is 1. The molecule has 5 atom stereocenters. The summed E-state index contributed by atoms with van der Waals surface area (Å²) >= 11 is 6.40. The van der Waals surface area contributed by atoms with E-state index in [0.717, 1.165) is 43.7 Å². The van der Waals surface area contributed by atoms with E-state index in [0.29, 0.717) is 30.1 Å². The minimum atomic E-state index is -0.825. The fourth-order valence-electron chi connectivity index (χ4n) is 5.32. The molecular weight excluding hydrogens is 510 g/mol. The summed E-state index contributed by atoms with van der Waals surface area (Å²) in [6.07, 6.45) is 7.86. The van der Waals surface area contributed by atoms with Crippen LogP contribution in [-0.2, 0) is 9.53 Å². The molecule has 0 amide bonds. The van der Waals surface area contributed by atoms with E-state index in [9.17, 15) is 9.90 Å². The number of pyridine rings is 1. The Hall–Kier alpha value is -2.85. The molecule has 0 bridgehead atoms. The lowest BCUT2D eigenvalue weighted by Gasteiger charge is -2.38. The SMILES string of the molecule is CCCCO[C@H]1CN(c2cnc(O[C@@H]3CCN(c4cc(OC)ncc4Cl)C[C@H]3C)nc2)[C@@H](CC(=O)O)[C@@H]1C. The van der Waals surface area contributed by atoms with Crippen molar-refractivity contribution in [2.24, 2.45) is 11.8 Å². The summed E-state index contributed by atoms with van der Waals surface area (Å²) in [7, 11) is 1.59. The maximum Gasteiger partial charge on any atom is 0.316 e. The van der Waals surface area contributed by atoms with E-state index in [1.807, 2.05) is 6.07 Å². The second-order valence-corrected chi connectivity index (χ2v) is 10.6. The Kier molecular flexibility index (Phi) is 9.49. The summed E-state index contributed by atoms with van der Waals surface area (Å²) < 4.78 is 17.5. The Morgan fingerprint density at radius 3 is 2.58 bits per heavy atom. The summed E-state index contributed by atoms with van der Waals surface area (Å²) in [4.78, 5) is 29.0. The van der Waals surface area contributed by atoms with E-state index in [2.05, 4.69) is 45.5 Å². The highest BCUT2D eigenvalue weighted by Crippen LogP contribution is 2.35. The van der Waals surface area contributed by atoms with E-state index in [1.165, 1.54) is 0 Å². The minimum absolute atomic E-state index is 0.0262. The number of hydrogen-bond acceptors (Lipinski definition) is 9. The highest BCUT2D eigenvalue weighted by molar-refractivity contribution is 6.33. The number of methoxy groups -OCH3 is 1. The van der Waals surface area contributed by atoms with E-state index >= 15 is 0 Å². The second-order valence-electron chi connectivity index (χ2n) is 10.2. The van der Waals surface area contributed by atoms with Gasteiger partial charge in [-0.15, -0.1) is 0 Å². The number of unbranched alkanes of at least 4 members (excludes halogenated alkanes) is 1. The summed E-state index contributed by atoms with van der Waals surface area (Å²) in [5, 5.41) is 10.1. The molecule has 2 aromatic heterocycles. The standard InChI is InChI=1S/C27H38ClN5O5/c1-5-6-9-37-24-16-33(21(18(24)3)11-26(34)35)19-12-30-27(31-13-19)38-23-7-8-32(15-17(23)2)22-10-25(36-4)29-14-20(22)28/h10,12-14,17-18,21,23-24H,5-9,11,15-16H2,1-4H3,(H,34,35)/t17-,18+,21+,23-,24+/m1/s1. The van der Waals surface area contributed by atoms with Gasteiger partial charge >= 0.3 is 12.0 Å². The molecule has 2 aliphatic heterocycles. The van der Waals surface area contributed by atoms with Gasteiger partial charge < -0.3 is 29.1 Å². The van der Waals surface area contributed by atoms with Crippen LogP contribution < -0.4 is 19.3 Å². The van der Waals surface area contributed by atoms with Crippen LogP contribution >= 0.6 is 11.6 Å². The third-order valence-electron chi connectivity index (χ3n) is 7.57. The maximum absolute atomic E-state index is 11.6. The molecule has 11 heteroatoms. The fraction of sp³-hybridized carbons (Fsp3) is 0.630. The predicted octanol–water partition coefficient (Wildman–Crippen LogP) is 4.31. The maximum atomic E-state index is 11.6. The number of aromatic nitrogens is 3. The van der Waals surface area contributed by atoms with Crippen LogP contribution in [0.5, 0.6) is 11.9 Å². The topological polar surface area (TPSA) is 110 Å². The normalized spacial score (nSPS) is 25.4. The number of carboxylic acid groups (broad SMARTS) is 1. The first-order chi connectivity index (χ1) is 18.3. The number of ether oxygens (including phenoxy) is 3. The summed E-state index contributed by atoms with van der Waals surface area (Å²) in [5.41, 5.74) is 1.68. The molecule has 38 heavy (non-hydrogen) atoms. The zero-order valence-electron chi connectivity index (χ0n) is 22.5. The van der Waals surface area contributed by atoms with Crippen molar-refractivity contribution in [3.05, 3.63) is 29.7 Å². The lowest BCUT2D eigenvalue weighted by molar-refractivity contribution is -0.137. The molecule has 0 aromatic carbocycles. The molecule has 2 aliphatic rings. The highest BCUT2D eigenvalue weighted by atomic mass is 35.5. The molecule has 1 N–H and O–H groups in total. The molecular formula is C27H38ClN5O5. The first-order valence-electron chi connectivity index (χ1n) is 13.3. The predicted molar refractivity (Wildman–Crippen MR) is 145 cm³/mol. The average Bonchev–Trinajstić information content (AvgIpc) is 3.20. The number of carbonyl (C=O) groups is 1. The molecule has 4 heterocycles. The quantitative estimate of drug-likeness (QED) is 0.408. The van der Waals surface area contributed by atoms with Gasteiger partial charge in [0, 0.05) is 56.6 Å². The lowest BCUT2D eigenvalue weighted by atomic mass is 9.96. The van der Waals surface area contributed by atoms with Crippen LogP contribution in [0.25, 0.3) is 0 Å². The van der Waals surface area contributed by atoms with Gasteiger partial charge in [0.2, 0.25) is 5.88 Å². The zero-order chi connectivity index (χ0) is 27.2. The van der Waals surface area contributed by atoms with Crippen molar-refractivity contribution in [3.8, 4) is 11.9 Å².